The van der Waals surface area contributed by atoms with E-state index in [2.05, 4.69) is 22.2 Å². The van der Waals surface area contributed by atoms with E-state index >= 15 is 0 Å². The molecule has 31 heavy (non-hydrogen) atoms. The molecule has 0 saturated heterocycles. The molecule has 0 radical (unpaired) electrons. The summed E-state index contributed by atoms with van der Waals surface area (Å²) in [6, 6.07) is 5.52. The predicted molar refractivity (Wildman–Crippen MR) is 117 cm³/mol. The van der Waals surface area contributed by atoms with E-state index in [1.807, 2.05) is 51.0 Å². The Morgan fingerprint density at radius 1 is 1.42 bits per heavy atom. The van der Waals surface area contributed by atoms with Crippen molar-refractivity contribution in [1.29, 1.82) is 0 Å². The minimum Gasteiger partial charge on any atom is -0.540 e. The van der Waals surface area contributed by atoms with E-state index in [1.165, 1.54) is 12.8 Å². The maximum Gasteiger partial charge on any atom is 1.00 e. The summed E-state index contributed by atoms with van der Waals surface area (Å²) in [5.74, 6) is 1.60. The third kappa shape index (κ3) is 7.08. The van der Waals surface area contributed by atoms with Gasteiger partial charge in [0.15, 0.2) is 0 Å². The smallest absolute Gasteiger partial charge is 0.540 e. The first-order valence-corrected chi connectivity index (χ1v) is 10.8. The zero-order valence-corrected chi connectivity index (χ0v) is 19.3. The van der Waals surface area contributed by atoms with Crippen molar-refractivity contribution in [2.24, 2.45) is 5.92 Å². The topological polar surface area (TPSA) is 90.1 Å². The number of nitrogens with zero attached hydrogens (tertiary/aromatic N) is 4. The molecule has 0 amide bonds. The molecular weight excluding hydrogens is 407 g/mol. The number of rotatable bonds is 8. The third-order valence-corrected chi connectivity index (χ3v) is 5.77. The van der Waals surface area contributed by atoms with Crippen LogP contribution in [-0.4, -0.2) is 44.6 Å². The first-order chi connectivity index (χ1) is 14.4. The Balaban J connectivity index is 0.000000215. The van der Waals surface area contributed by atoms with Crippen LogP contribution in [0.25, 0.3) is 10.2 Å². The van der Waals surface area contributed by atoms with Gasteiger partial charge in [-0.2, -0.15) is 17.8 Å². The van der Waals surface area contributed by atoms with Crippen molar-refractivity contribution in [2.75, 3.05) is 7.11 Å². The molecule has 0 unspecified atom stereocenters. The summed E-state index contributed by atoms with van der Waals surface area (Å²) < 4.78 is 7.88. The van der Waals surface area contributed by atoms with Gasteiger partial charge in [0, 0.05) is 18.2 Å². The maximum absolute atomic E-state index is 10.7. The molecule has 7 nitrogen and oxygen atoms in total. The molecule has 1 saturated carbocycles. The normalized spacial score (nSPS) is 14.9. The Bertz CT molecular complexity index is 969. The number of ether oxygens (including phenoxy) is 1. The predicted octanol–water partition coefficient (Wildman–Crippen LogP) is 0.909. The second kappa shape index (κ2) is 11.7. The van der Waals surface area contributed by atoms with Gasteiger partial charge >= 0.3 is 18.9 Å². The average Bonchev–Trinajstić information content (AvgIpc) is 3.31. The van der Waals surface area contributed by atoms with Crippen LogP contribution in [0.15, 0.2) is 24.4 Å². The molecule has 1 N–H and O–H groups in total. The van der Waals surface area contributed by atoms with E-state index in [0.29, 0.717) is 12.3 Å². The van der Waals surface area contributed by atoms with Gasteiger partial charge in [0.25, 0.3) is 0 Å². The second-order valence-corrected chi connectivity index (χ2v) is 8.75. The fraction of sp³-hybridized carbons (Fsp3) is 0.455. The molecule has 4 rings (SSSR count). The van der Waals surface area contributed by atoms with Crippen molar-refractivity contribution in [3.8, 4) is 5.75 Å². The number of thiazole rings is 1. The van der Waals surface area contributed by atoms with Crippen molar-refractivity contribution in [2.45, 2.75) is 51.2 Å². The summed E-state index contributed by atoms with van der Waals surface area (Å²) in [5, 5.41) is 18.0. The molecule has 2 aromatic heterocycles. The summed E-state index contributed by atoms with van der Waals surface area (Å²) >= 11 is 1.60. The van der Waals surface area contributed by atoms with Crippen LogP contribution in [0.1, 0.15) is 55.8 Å². The van der Waals surface area contributed by atoms with E-state index in [0.717, 1.165) is 26.7 Å². The fourth-order valence-corrected chi connectivity index (χ4v) is 3.76. The van der Waals surface area contributed by atoms with Gasteiger partial charge in [-0.05, 0) is 41.9 Å². The largest absolute Gasteiger partial charge is 1.00 e. The minimum atomic E-state index is -0.568. The van der Waals surface area contributed by atoms with Crippen LogP contribution < -0.4 is 23.6 Å². The summed E-state index contributed by atoms with van der Waals surface area (Å²) in [6.07, 6.45) is 8.15. The first-order valence-electron chi connectivity index (χ1n) is 9.99. The molecule has 1 fully saturated rings. The first kappa shape index (κ1) is 25.4. The zero-order chi connectivity index (χ0) is 21.7. The van der Waals surface area contributed by atoms with Crippen LogP contribution >= 0.6 is 11.3 Å². The van der Waals surface area contributed by atoms with Crippen LogP contribution in [0.3, 0.4) is 0 Å². The third-order valence-electron chi connectivity index (χ3n) is 4.74. The van der Waals surface area contributed by atoms with Gasteiger partial charge < -0.3 is 28.0 Å². The summed E-state index contributed by atoms with van der Waals surface area (Å²) in [7, 11) is 1.64. The summed E-state index contributed by atoms with van der Waals surface area (Å²) in [5.41, 5.74) is 1.94. The fourth-order valence-electron chi connectivity index (χ4n) is 2.86. The van der Waals surface area contributed by atoms with Crippen LogP contribution in [0.4, 0.5) is 0 Å². The van der Waals surface area contributed by atoms with Gasteiger partial charge in [-0.15, -0.1) is 5.10 Å². The SMILES string of the molecule is CC(C)[C@H]([C-]=O)n1cc(C2CC2)nn1.[CH2-][C@H](O)C[CH-]c1nc2cc(OC)ccc2s1.[Li+]. The average molecular weight is 434 g/mol. The van der Waals surface area contributed by atoms with Crippen molar-refractivity contribution >= 4 is 27.8 Å². The van der Waals surface area contributed by atoms with Crippen molar-refractivity contribution in [3.63, 3.8) is 0 Å². The number of aliphatic hydroxyl groups excluding tert-OH is 1. The monoisotopic (exact) mass is 434 g/mol. The van der Waals surface area contributed by atoms with Gasteiger partial charge in [-0.25, -0.2) is 6.29 Å². The van der Waals surface area contributed by atoms with Crippen molar-refractivity contribution in [1.82, 2.24) is 20.0 Å². The quantitative estimate of drug-likeness (QED) is 0.419. The van der Waals surface area contributed by atoms with E-state index in [4.69, 9.17) is 9.84 Å². The molecule has 0 spiro atoms. The molecule has 162 valence electrons. The number of carbonyl (C=O) groups excluding carboxylic acids is 1. The van der Waals surface area contributed by atoms with Crippen molar-refractivity contribution < 1.29 is 33.5 Å². The second-order valence-electron chi connectivity index (χ2n) is 7.68. The van der Waals surface area contributed by atoms with Gasteiger partial charge in [-0.3, -0.25) is 9.67 Å². The molecule has 0 aliphatic heterocycles. The molecule has 0 bridgehead atoms. The number of aromatic nitrogens is 4. The zero-order valence-electron chi connectivity index (χ0n) is 18.5. The van der Waals surface area contributed by atoms with Gasteiger partial charge in [0.1, 0.15) is 5.75 Å². The maximum atomic E-state index is 10.7. The molecule has 1 aromatic carbocycles. The van der Waals surface area contributed by atoms with Gasteiger partial charge in [0.2, 0.25) is 0 Å². The Morgan fingerprint density at radius 2 is 2.16 bits per heavy atom. The van der Waals surface area contributed by atoms with Gasteiger partial charge in [-0.1, -0.05) is 25.2 Å². The minimum absolute atomic E-state index is 0. The Kier molecular flexibility index (Phi) is 9.57. The molecule has 3 aromatic rings. The molecular formula is C22H27LiN4O3S-2. The van der Waals surface area contributed by atoms with E-state index in [9.17, 15) is 4.79 Å². The van der Waals surface area contributed by atoms with E-state index < -0.39 is 6.10 Å². The molecule has 9 heteroatoms. The molecule has 1 aliphatic rings. The number of benzene rings is 1. The molecule has 1 aliphatic carbocycles. The number of hydrogen-bond acceptors (Lipinski definition) is 7. The number of methoxy groups -OCH3 is 1. The standard InChI is InChI=1S/C12H13NO2S.C10H14N3O.Li/c1-8(14)3-6-12-13-10-7-9(15-2)4-5-11(10)16-12;1-7(2)10(6-14)13-5-9(11-12-13)8-3-4-8;/h4-8,14H,1,3H2,2H3;5,7-8,10H,3-4H2,1-2H3;/q-2;-1;+1/t8-;10-;/m00./s1. The Labute approximate surface area is 199 Å². The summed E-state index contributed by atoms with van der Waals surface area (Å²) in [6.45, 7) is 7.48. The Hall–Kier alpha value is -1.85. The number of aliphatic hydroxyl groups is 1. The number of fused-ring (bicyclic) bond motifs is 1. The molecule has 2 heterocycles. The van der Waals surface area contributed by atoms with Crippen LogP contribution in [-0.2, 0) is 4.79 Å². The van der Waals surface area contributed by atoms with Crippen LogP contribution in [0.5, 0.6) is 5.75 Å². The van der Waals surface area contributed by atoms with Crippen LogP contribution in [0, 0.1) is 19.3 Å². The van der Waals surface area contributed by atoms with Gasteiger partial charge in [0.05, 0.1) is 23.0 Å². The van der Waals surface area contributed by atoms with E-state index in [1.54, 1.807) is 23.1 Å². The number of hydrogen-bond donors (Lipinski definition) is 1. The van der Waals surface area contributed by atoms with E-state index in [-0.39, 0.29) is 30.8 Å². The summed E-state index contributed by atoms with van der Waals surface area (Å²) in [4.78, 5) is 15.2. The molecule has 2 atom stereocenters. The van der Waals surface area contributed by atoms with Crippen LogP contribution in [0.2, 0.25) is 0 Å². The Morgan fingerprint density at radius 3 is 2.74 bits per heavy atom. The van der Waals surface area contributed by atoms with Crippen molar-refractivity contribution in [3.05, 3.63) is 48.4 Å².